The maximum atomic E-state index is 6.10. The van der Waals surface area contributed by atoms with Crippen LogP contribution in [0, 0.1) is 0 Å². The topological polar surface area (TPSA) is 51.8 Å². The maximum Gasteiger partial charge on any atom is 0.277 e. The molecule has 0 bridgehead atoms. The fourth-order valence-electron chi connectivity index (χ4n) is 1.93. The predicted octanol–water partition coefficient (Wildman–Crippen LogP) is 3.97. The second-order valence-corrected chi connectivity index (χ2v) is 4.74. The molecule has 0 aliphatic carbocycles. The van der Waals surface area contributed by atoms with E-state index in [4.69, 9.17) is 16.1 Å². The number of nitrogens with zero attached hydrogens (tertiary/aromatic N) is 3. The van der Waals surface area contributed by atoms with Gasteiger partial charge in [-0.05, 0) is 17.9 Å². The van der Waals surface area contributed by atoms with Gasteiger partial charge in [-0.25, -0.2) is 0 Å². The summed E-state index contributed by atoms with van der Waals surface area (Å²) < 4.78 is 5.27. The molecule has 5 heteroatoms. The van der Waals surface area contributed by atoms with Crippen LogP contribution < -0.4 is 0 Å². The highest BCUT2D eigenvalue weighted by Crippen LogP contribution is 2.27. The van der Waals surface area contributed by atoms with E-state index in [1.54, 1.807) is 6.20 Å². The van der Waals surface area contributed by atoms with Crippen molar-refractivity contribution >= 4 is 22.4 Å². The summed E-state index contributed by atoms with van der Waals surface area (Å²) in [6.07, 6.45) is 2.49. The van der Waals surface area contributed by atoms with Crippen molar-refractivity contribution in [3.8, 4) is 11.6 Å². The van der Waals surface area contributed by atoms with Gasteiger partial charge in [-0.3, -0.25) is 4.98 Å². The number of alkyl halides is 1. The normalized spacial score (nSPS) is 12.7. The van der Waals surface area contributed by atoms with Gasteiger partial charge in [0.15, 0.2) is 5.82 Å². The van der Waals surface area contributed by atoms with E-state index in [9.17, 15) is 0 Å². The Morgan fingerprint density at radius 1 is 1.26 bits per heavy atom. The van der Waals surface area contributed by atoms with Crippen LogP contribution >= 0.6 is 11.6 Å². The zero-order valence-corrected chi connectivity index (χ0v) is 11.1. The van der Waals surface area contributed by atoms with Gasteiger partial charge in [0.05, 0.1) is 5.38 Å². The van der Waals surface area contributed by atoms with E-state index in [1.807, 2.05) is 37.3 Å². The Kier molecular flexibility index (Phi) is 3.17. The van der Waals surface area contributed by atoms with Crippen LogP contribution in [0.4, 0.5) is 0 Å². The Morgan fingerprint density at radius 2 is 2.11 bits per heavy atom. The van der Waals surface area contributed by atoms with Gasteiger partial charge in [0, 0.05) is 11.6 Å². The smallest absolute Gasteiger partial charge is 0.277 e. The number of rotatable bonds is 3. The lowest BCUT2D eigenvalue weighted by Crippen LogP contribution is -1.91. The van der Waals surface area contributed by atoms with Crippen LogP contribution in [-0.2, 0) is 0 Å². The third-order valence-electron chi connectivity index (χ3n) is 2.96. The molecule has 1 unspecified atom stereocenters. The summed E-state index contributed by atoms with van der Waals surface area (Å²) in [4.78, 5) is 8.67. The standard InChI is InChI=1S/C14H12ClN3O/c1-2-11(15)13-17-14(19-18-13)12-10-6-4-3-5-9(10)7-8-16-12/h3-8,11H,2H2,1H3. The molecule has 0 fully saturated rings. The Labute approximate surface area is 115 Å². The first-order valence-electron chi connectivity index (χ1n) is 6.11. The zero-order valence-electron chi connectivity index (χ0n) is 10.4. The maximum absolute atomic E-state index is 6.10. The summed E-state index contributed by atoms with van der Waals surface area (Å²) in [7, 11) is 0. The number of fused-ring (bicyclic) bond motifs is 1. The van der Waals surface area contributed by atoms with Crippen molar-refractivity contribution in [2.24, 2.45) is 0 Å². The molecule has 1 aromatic carbocycles. The van der Waals surface area contributed by atoms with Crippen molar-refractivity contribution in [3.63, 3.8) is 0 Å². The number of aromatic nitrogens is 3. The Balaban J connectivity index is 2.12. The van der Waals surface area contributed by atoms with Gasteiger partial charge in [0.25, 0.3) is 5.89 Å². The first kappa shape index (κ1) is 12.1. The molecule has 1 atom stereocenters. The van der Waals surface area contributed by atoms with E-state index < -0.39 is 0 Å². The predicted molar refractivity (Wildman–Crippen MR) is 73.9 cm³/mol. The molecule has 0 aliphatic heterocycles. The van der Waals surface area contributed by atoms with E-state index >= 15 is 0 Å². The summed E-state index contributed by atoms with van der Waals surface area (Å²) in [6.45, 7) is 1.98. The molecule has 0 saturated heterocycles. The Hall–Kier alpha value is -1.94. The Morgan fingerprint density at radius 3 is 2.95 bits per heavy atom. The first-order valence-corrected chi connectivity index (χ1v) is 6.55. The van der Waals surface area contributed by atoms with Crippen molar-refractivity contribution in [1.29, 1.82) is 0 Å². The lowest BCUT2D eigenvalue weighted by molar-refractivity contribution is 0.420. The van der Waals surface area contributed by atoms with Crippen molar-refractivity contribution in [3.05, 3.63) is 42.4 Å². The summed E-state index contributed by atoms with van der Waals surface area (Å²) in [6, 6.07) is 9.90. The molecule has 2 heterocycles. The molecule has 3 aromatic rings. The first-order chi connectivity index (χ1) is 9.29. The molecule has 0 N–H and O–H groups in total. The van der Waals surface area contributed by atoms with Crippen LogP contribution in [0.3, 0.4) is 0 Å². The number of halogens is 1. The number of pyridine rings is 1. The fraction of sp³-hybridized carbons (Fsp3) is 0.214. The van der Waals surface area contributed by atoms with Crippen molar-refractivity contribution < 1.29 is 4.52 Å². The highest BCUT2D eigenvalue weighted by atomic mass is 35.5. The van der Waals surface area contributed by atoms with Crippen LogP contribution in [0.1, 0.15) is 24.5 Å². The van der Waals surface area contributed by atoms with Gasteiger partial charge in [0.1, 0.15) is 5.69 Å². The number of hydrogen-bond acceptors (Lipinski definition) is 4. The molecule has 2 aromatic heterocycles. The summed E-state index contributed by atoms with van der Waals surface area (Å²) in [5.41, 5.74) is 0.691. The van der Waals surface area contributed by atoms with Crippen LogP contribution in [0.25, 0.3) is 22.4 Å². The second kappa shape index (κ2) is 4.97. The van der Waals surface area contributed by atoms with E-state index in [2.05, 4.69) is 15.1 Å². The fourth-order valence-corrected chi connectivity index (χ4v) is 2.02. The minimum absolute atomic E-state index is 0.229. The van der Waals surface area contributed by atoms with Crippen LogP contribution in [0.2, 0.25) is 0 Å². The molecular weight excluding hydrogens is 262 g/mol. The lowest BCUT2D eigenvalue weighted by Gasteiger charge is -2.00. The number of benzene rings is 1. The summed E-state index contributed by atoms with van der Waals surface area (Å²) in [5, 5.41) is 5.76. The number of hydrogen-bond donors (Lipinski definition) is 0. The van der Waals surface area contributed by atoms with E-state index in [0.29, 0.717) is 17.4 Å². The highest BCUT2D eigenvalue weighted by molar-refractivity contribution is 6.20. The van der Waals surface area contributed by atoms with Crippen LogP contribution in [0.15, 0.2) is 41.1 Å². The van der Waals surface area contributed by atoms with Crippen molar-refractivity contribution in [2.45, 2.75) is 18.7 Å². The van der Waals surface area contributed by atoms with Crippen LogP contribution in [-0.4, -0.2) is 15.1 Å². The van der Waals surface area contributed by atoms with Crippen molar-refractivity contribution in [1.82, 2.24) is 15.1 Å². The molecule has 19 heavy (non-hydrogen) atoms. The van der Waals surface area contributed by atoms with Crippen molar-refractivity contribution in [2.75, 3.05) is 0 Å². The third kappa shape index (κ3) is 2.19. The minimum Gasteiger partial charge on any atom is -0.332 e. The zero-order chi connectivity index (χ0) is 13.2. The average Bonchev–Trinajstić information content (AvgIpc) is 2.95. The summed E-state index contributed by atoms with van der Waals surface area (Å²) >= 11 is 6.10. The van der Waals surface area contributed by atoms with Gasteiger partial charge in [-0.1, -0.05) is 36.3 Å². The molecule has 0 amide bonds. The molecule has 4 nitrogen and oxygen atoms in total. The molecule has 96 valence electrons. The Bertz CT molecular complexity index is 705. The van der Waals surface area contributed by atoms with Gasteiger partial charge >= 0.3 is 0 Å². The largest absolute Gasteiger partial charge is 0.332 e. The molecule has 0 spiro atoms. The monoisotopic (exact) mass is 273 g/mol. The molecule has 0 saturated carbocycles. The molecular formula is C14H12ClN3O. The SMILES string of the molecule is CCC(Cl)c1noc(-c2nccc3ccccc23)n1. The van der Waals surface area contributed by atoms with Gasteiger partial charge in [-0.15, -0.1) is 11.6 Å². The van der Waals surface area contributed by atoms with Gasteiger partial charge in [0.2, 0.25) is 0 Å². The lowest BCUT2D eigenvalue weighted by atomic mass is 10.1. The molecule has 3 rings (SSSR count). The minimum atomic E-state index is -0.229. The summed E-state index contributed by atoms with van der Waals surface area (Å²) in [5.74, 6) is 0.916. The third-order valence-corrected chi connectivity index (χ3v) is 3.46. The van der Waals surface area contributed by atoms with Gasteiger partial charge < -0.3 is 4.52 Å². The average molecular weight is 274 g/mol. The van der Waals surface area contributed by atoms with Crippen LogP contribution in [0.5, 0.6) is 0 Å². The van der Waals surface area contributed by atoms with Gasteiger partial charge in [-0.2, -0.15) is 4.98 Å². The quantitative estimate of drug-likeness (QED) is 0.678. The van der Waals surface area contributed by atoms with E-state index in [1.165, 1.54) is 0 Å². The van der Waals surface area contributed by atoms with E-state index in [0.717, 1.165) is 17.2 Å². The highest BCUT2D eigenvalue weighted by Gasteiger charge is 2.17. The second-order valence-electron chi connectivity index (χ2n) is 4.21. The van der Waals surface area contributed by atoms with E-state index in [-0.39, 0.29) is 5.38 Å². The molecule has 0 radical (unpaired) electrons. The molecule has 0 aliphatic rings.